The minimum absolute atomic E-state index is 0.188. The number of aryl methyl sites for hydroxylation is 5. The van der Waals surface area contributed by atoms with Crippen molar-refractivity contribution in [1.29, 1.82) is 0 Å². The minimum atomic E-state index is -2.32. The summed E-state index contributed by atoms with van der Waals surface area (Å²) in [7, 11) is 0. The molecule has 21 nitrogen and oxygen atoms in total. The van der Waals surface area contributed by atoms with Crippen molar-refractivity contribution in [2.24, 2.45) is 0 Å². The van der Waals surface area contributed by atoms with Gasteiger partial charge in [-0.25, -0.2) is 34.1 Å². The number of para-hydroxylation sites is 9. The molecule has 13 aromatic heterocycles. The Morgan fingerprint density at radius 1 is 0.274 bits per heavy atom. The molecular formula is C82H52N18O3S3. The summed E-state index contributed by atoms with van der Waals surface area (Å²) in [5.74, 6) is 3.03. The first-order chi connectivity index (χ1) is 54.6. The molecule has 0 spiro atoms. The summed E-state index contributed by atoms with van der Waals surface area (Å²) in [5.41, 5.74) is 22.4. The van der Waals surface area contributed by atoms with Crippen molar-refractivity contribution in [3.05, 3.63) is 252 Å². The summed E-state index contributed by atoms with van der Waals surface area (Å²) in [6.45, 7) is 1.65. The molecule has 0 aliphatic rings. The quantitative estimate of drug-likeness (QED) is 0.151. The molecule has 0 unspecified atom stereocenters. The van der Waals surface area contributed by atoms with E-state index in [-0.39, 0.29) is 23.2 Å². The Balaban J connectivity index is 0.000000105. The number of benzene rings is 11. The van der Waals surface area contributed by atoms with Gasteiger partial charge in [0.2, 0.25) is 35.1 Å². The molecular weight excluding hydrogens is 1380 g/mol. The number of nitrogens with zero attached hydrogens (tertiary/aromatic N) is 18. The van der Waals surface area contributed by atoms with Crippen molar-refractivity contribution in [2.75, 3.05) is 0 Å². The van der Waals surface area contributed by atoms with Gasteiger partial charge < -0.3 is 13.3 Å². The number of thiazole rings is 3. The Hall–Kier alpha value is -13.6. The Kier molecular flexibility index (Phi) is 11.6. The molecule has 24 heteroatoms. The molecule has 0 atom stereocenters. The zero-order valence-electron chi connectivity index (χ0n) is 61.9. The highest BCUT2D eigenvalue weighted by Crippen LogP contribution is 2.43. The third-order valence-electron chi connectivity index (χ3n) is 19.7. The molecule has 0 saturated heterocycles. The third kappa shape index (κ3) is 8.76. The number of hydrogen-bond acceptors (Lipinski definition) is 17. The maximum atomic E-state index is 8.06. The fourth-order valence-corrected chi connectivity index (χ4v) is 18.3. The highest BCUT2D eigenvalue weighted by molar-refractivity contribution is 7.25. The SMILES string of the molecule is Cc1cccc2c1nc1sc3c(-c4nnc(-c5ccccc5)o4)cccc3n12.[2H]C([2H])([2H])c1cccc2c1nc1n(-c3nnc(-n4c5ccccc5n5c6cccc(C)c6nc45)o3)c3ccccc3n21.[2H]C([2H])([2H])c1cccc2c1nc1sc3c(-c4nnc(-c5cccc6c5sc5nc7c(C)cccc7n56)o4)cccc3n12. The van der Waals surface area contributed by atoms with Crippen molar-refractivity contribution in [3.63, 3.8) is 0 Å². The maximum absolute atomic E-state index is 8.06. The zero-order chi connectivity index (χ0) is 75.3. The van der Waals surface area contributed by atoms with Crippen molar-refractivity contribution >= 4 is 168 Å². The largest absolute Gasteiger partial charge is 0.416 e. The molecule has 24 rings (SSSR count). The molecule has 506 valence electrons. The molecule has 0 aliphatic heterocycles. The Bertz CT molecular complexity index is 8030. The van der Waals surface area contributed by atoms with Crippen molar-refractivity contribution in [1.82, 2.24) is 86.6 Å². The Labute approximate surface area is 617 Å². The highest BCUT2D eigenvalue weighted by atomic mass is 32.1. The van der Waals surface area contributed by atoms with E-state index >= 15 is 0 Å². The first kappa shape index (κ1) is 54.2. The fraction of sp³-hybridized carbons (Fsp3) is 0.0610. The lowest BCUT2D eigenvalue weighted by molar-refractivity contribution is 0.512. The van der Waals surface area contributed by atoms with E-state index < -0.39 is 13.7 Å². The molecule has 0 radical (unpaired) electrons. The van der Waals surface area contributed by atoms with Crippen molar-refractivity contribution in [3.8, 4) is 57.8 Å². The van der Waals surface area contributed by atoms with Crippen LogP contribution in [0.15, 0.2) is 238 Å². The summed E-state index contributed by atoms with van der Waals surface area (Å²) in [6, 6.07) is 73.3. The monoisotopic (exact) mass is 1440 g/mol. The summed E-state index contributed by atoms with van der Waals surface area (Å²) in [4.78, 5) is 26.9. The van der Waals surface area contributed by atoms with E-state index in [9.17, 15) is 0 Å². The van der Waals surface area contributed by atoms with Gasteiger partial charge in [0, 0.05) is 13.8 Å². The van der Waals surface area contributed by atoms with Gasteiger partial charge in [-0.05, 0) is 165 Å². The normalized spacial score (nSPS) is 13.3. The van der Waals surface area contributed by atoms with Crippen LogP contribution in [0.4, 0.5) is 0 Å². The van der Waals surface area contributed by atoms with Gasteiger partial charge >= 0.3 is 12.0 Å². The first-order valence-electron chi connectivity index (χ1n) is 36.8. The molecule has 24 aromatic rings. The number of fused-ring (bicyclic) bond motifs is 25. The Morgan fingerprint density at radius 3 is 1.00 bits per heavy atom. The first-order valence-corrected chi connectivity index (χ1v) is 36.3. The zero-order valence-corrected chi connectivity index (χ0v) is 58.3. The van der Waals surface area contributed by atoms with Crippen LogP contribution in [0.3, 0.4) is 0 Å². The van der Waals surface area contributed by atoms with E-state index in [0.717, 1.165) is 135 Å². The predicted octanol–water partition coefficient (Wildman–Crippen LogP) is 20.0. The van der Waals surface area contributed by atoms with Crippen LogP contribution in [0.1, 0.15) is 36.0 Å². The fourth-order valence-electron chi connectivity index (χ4n) is 14.8. The van der Waals surface area contributed by atoms with E-state index in [1.807, 2.05) is 166 Å². The predicted molar refractivity (Wildman–Crippen MR) is 419 cm³/mol. The highest BCUT2D eigenvalue weighted by Gasteiger charge is 2.28. The van der Waals surface area contributed by atoms with Crippen LogP contribution < -0.4 is 0 Å². The molecule has 106 heavy (non-hydrogen) atoms. The van der Waals surface area contributed by atoms with Gasteiger partial charge in [-0.2, -0.15) is 0 Å². The van der Waals surface area contributed by atoms with E-state index in [1.165, 1.54) is 16.9 Å². The third-order valence-corrected chi connectivity index (χ3v) is 22.9. The lowest BCUT2D eigenvalue weighted by atomic mass is 10.2. The molecule has 0 amide bonds. The Morgan fingerprint density at radius 2 is 0.585 bits per heavy atom. The number of hydrogen-bond donors (Lipinski definition) is 0. The molecule has 13 heterocycles. The number of imidazole rings is 7. The standard InChI is InChI=1S/C30H20N8O.C30H18N6OS2.C22H14N4OS/c1-17-9-7-15-23-25(17)31-27-35(23)19-11-3-5-13-21(19)37(27)29-33-34-30(39-29)38-22-14-6-4-12-20(22)36-24-16-8-10-18(2)26(24)32-28(36)38;1-15-7-3-11-19-23(15)31-29-35(19)21-13-5-9-17(25(21)38-29)27-33-34-28(37-27)18-10-6-14-22-26(18)39-30-32-24-16(2)8-4-12-20(24)36(22)30;1-13-7-5-11-16-18(13)23-22-26(16)17-12-6-10-15(19(17)28-22)21-25-24-20(27-21)14-8-3-2-4-9-14/h3-16H,1-2H3;3-14H,1-2H3;2-12H,1H3/i2*1D3;. The average molecular weight is 1440 g/mol. The van der Waals surface area contributed by atoms with Gasteiger partial charge in [0.15, 0.2) is 14.9 Å². The summed E-state index contributed by atoms with van der Waals surface area (Å²) in [5, 5.41) is 26.4. The second-order valence-electron chi connectivity index (χ2n) is 25.8. The number of aromatic nitrogens is 18. The van der Waals surface area contributed by atoms with Gasteiger partial charge in [-0.3, -0.25) is 22.0 Å². The van der Waals surface area contributed by atoms with Gasteiger partial charge in [-0.15, -0.1) is 20.4 Å². The molecule has 0 bridgehead atoms. The van der Waals surface area contributed by atoms with E-state index in [4.69, 9.17) is 46.4 Å². The molecule has 0 fully saturated rings. The molecule has 0 N–H and O–H groups in total. The molecule has 0 saturated carbocycles. The minimum Gasteiger partial charge on any atom is -0.416 e. The molecule has 0 aliphatic carbocycles. The summed E-state index contributed by atoms with van der Waals surface area (Å²) >= 11 is 4.73. The maximum Gasteiger partial charge on any atom is 0.331 e. The van der Waals surface area contributed by atoms with E-state index in [2.05, 4.69) is 112 Å². The smallest absolute Gasteiger partial charge is 0.331 e. The van der Waals surface area contributed by atoms with Gasteiger partial charge in [-0.1, -0.05) is 166 Å². The lowest BCUT2D eigenvalue weighted by Gasteiger charge is -2.00. The average Bonchev–Trinajstić information content (AvgIpc) is 1.58. The van der Waals surface area contributed by atoms with Crippen LogP contribution in [-0.2, 0) is 0 Å². The topological polar surface area (TPSA) is 213 Å². The second-order valence-corrected chi connectivity index (χ2v) is 28.8. The summed E-state index contributed by atoms with van der Waals surface area (Å²) in [6.07, 6.45) is 0. The van der Waals surface area contributed by atoms with Crippen LogP contribution in [0.5, 0.6) is 0 Å². The van der Waals surface area contributed by atoms with Crippen LogP contribution in [0.2, 0.25) is 0 Å². The van der Waals surface area contributed by atoms with E-state index in [1.54, 1.807) is 51.5 Å². The van der Waals surface area contributed by atoms with Gasteiger partial charge in [0.25, 0.3) is 0 Å². The van der Waals surface area contributed by atoms with Crippen LogP contribution in [0, 0.1) is 34.5 Å². The summed E-state index contributed by atoms with van der Waals surface area (Å²) < 4.78 is 83.8. The van der Waals surface area contributed by atoms with Crippen LogP contribution in [-0.4, -0.2) is 86.6 Å². The van der Waals surface area contributed by atoms with Crippen molar-refractivity contribution in [2.45, 2.75) is 34.5 Å². The lowest BCUT2D eigenvalue weighted by Crippen LogP contribution is -1.96. The van der Waals surface area contributed by atoms with Gasteiger partial charge in [0.05, 0.1) is 125 Å². The van der Waals surface area contributed by atoms with Gasteiger partial charge in [0.1, 0.15) is 0 Å². The van der Waals surface area contributed by atoms with Crippen LogP contribution >= 0.6 is 34.0 Å². The number of rotatable bonds is 6. The van der Waals surface area contributed by atoms with E-state index in [0.29, 0.717) is 56.6 Å². The van der Waals surface area contributed by atoms with Crippen LogP contribution in [0.25, 0.3) is 192 Å². The molecule has 11 aromatic carbocycles. The van der Waals surface area contributed by atoms with Crippen molar-refractivity contribution < 1.29 is 21.5 Å². The second kappa shape index (κ2) is 22.7.